The molecular formula is C16H21N3. The van der Waals surface area contributed by atoms with E-state index < -0.39 is 0 Å². The number of benzene rings is 1. The fraction of sp³-hybridized carbons (Fsp3) is 0.375. The summed E-state index contributed by atoms with van der Waals surface area (Å²) in [6.07, 6.45) is 0.791. The Balaban J connectivity index is 2.24. The first-order chi connectivity index (χ1) is 9.08. The molecule has 3 heteroatoms. The second-order valence-corrected chi connectivity index (χ2v) is 5.04. The van der Waals surface area contributed by atoms with Crippen molar-refractivity contribution in [3.05, 3.63) is 58.2 Å². The van der Waals surface area contributed by atoms with Gasteiger partial charge in [0.25, 0.3) is 0 Å². The third-order valence-electron chi connectivity index (χ3n) is 3.25. The van der Waals surface area contributed by atoms with Crippen LogP contribution >= 0.6 is 0 Å². The smallest absolute Gasteiger partial charge is 0.133 e. The summed E-state index contributed by atoms with van der Waals surface area (Å²) in [7, 11) is 1.93. The lowest BCUT2D eigenvalue weighted by Crippen LogP contribution is -2.10. The molecule has 2 rings (SSSR count). The quantitative estimate of drug-likeness (QED) is 0.913. The summed E-state index contributed by atoms with van der Waals surface area (Å²) in [6.45, 7) is 7.07. The molecule has 1 aromatic heterocycles. The van der Waals surface area contributed by atoms with E-state index >= 15 is 0 Å². The van der Waals surface area contributed by atoms with Gasteiger partial charge in [-0.1, -0.05) is 18.2 Å². The van der Waals surface area contributed by atoms with Gasteiger partial charge in [0.05, 0.1) is 5.69 Å². The molecule has 1 N–H and O–H groups in total. The van der Waals surface area contributed by atoms with Gasteiger partial charge in [-0.2, -0.15) is 0 Å². The average molecular weight is 255 g/mol. The Hall–Kier alpha value is -1.74. The SMILES string of the molecule is CNCc1cc(C)nc(Cc2ccc(C)c(C)c2)n1. The van der Waals surface area contributed by atoms with Gasteiger partial charge in [-0.15, -0.1) is 0 Å². The van der Waals surface area contributed by atoms with E-state index in [-0.39, 0.29) is 0 Å². The molecule has 0 saturated heterocycles. The Morgan fingerprint density at radius 1 is 1.00 bits per heavy atom. The molecule has 0 bridgehead atoms. The second kappa shape index (κ2) is 5.93. The van der Waals surface area contributed by atoms with Crippen LogP contribution in [0.3, 0.4) is 0 Å². The van der Waals surface area contributed by atoms with Crippen molar-refractivity contribution < 1.29 is 0 Å². The molecule has 0 fully saturated rings. The fourth-order valence-electron chi connectivity index (χ4n) is 2.15. The zero-order valence-electron chi connectivity index (χ0n) is 12.1. The minimum absolute atomic E-state index is 0.781. The van der Waals surface area contributed by atoms with Crippen LogP contribution in [-0.4, -0.2) is 17.0 Å². The molecule has 0 amide bonds. The summed E-state index contributed by atoms with van der Waals surface area (Å²) in [5.74, 6) is 0.897. The van der Waals surface area contributed by atoms with Crippen LogP contribution < -0.4 is 5.32 Å². The number of rotatable bonds is 4. The van der Waals surface area contributed by atoms with Crippen LogP contribution in [0.5, 0.6) is 0 Å². The van der Waals surface area contributed by atoms with Crippen LogP contribution in [-0.2, 0) is 13.0 Å². The van der Waals surface area contributed by atoms with Crippen LogP contribution in [0.25, 0.3) is 0 Å². The number of aryl methyl sites for hydroxylation is 3. The maximum Gasteiger partial charge on any atom is 0.133 e. The van der Waals surface area contributed by atoms with Crippen LogP contribution in [0.1, 0.15) is 33.9 Å². The van der Waals surface area contributed by atoms with Crippen molar-refractivity contribution in [3.63, 3.8) is 0 Å². The lowest BCUT2D eigenvalue weighted by Gasteiger charge is -2.07. The van der Waals surface area contributed by atoms with Crippen molar-refractivity contribution in [2.75, 3.05) is 7.05 Å². The van der Waals surface area contributed by atoms with Gasteiger partial charge < -0.3 is 5.32 Å². The molecule has 0 spiro atoms. The van der Waals surface area contributed by atoms with Gasteiger partial charge in [0, 0.05) is 18.7 Å². The van der Waals surface area contributed by atoms with Gasteiger partial charge in [0.15, 0.2) is 0 Å². The highest BCUT2D eigenvalue weighted by molar-refractivity contribution is 5.31. The van der Waals surface area contributed by atoms with Crippen molar-refractivity contribution in [1.82, 2.24) is 15.3 Å². The Kier molecular flexibility index (Phi) is 4.27. The van der Waals surface area contributed by atoms with Crippen LogP contribution in [0, 0.1) is 20.8 Å². The highest BCUT2D eigenvalue weighted by Crippen LogP contribution is 2.13. The zero-order valence-corrected chi connectivity index (χ0v) is 12.1. The topological polar surface area (TPSA) is 37.8 Å². The number of aromatic nitrogens is 2. The van der Waals surface area contributed by atoms with Gasteiger partial charge in [0.2, 0.25) is 0 Å². The molecule has 0 aliphatic heterocycles. The van der Waals surface area contributed by atoms with Crippen molar-refractivity contribution >= 4 is 0 Å². The van der Waals surface area contributed by atoms with E-state index in [0.29, 0.717) is 0 Å². The zero-order chi connectivity index (χ0) is 13.8. The predicted molar refractivity (Wildman–Crippen MR) is 78.3 cm³/mol. The van der Waals surface area contributed by atoms with E-state index in [4.69, 9.17) is 0 Å². The molecule has 100 valence electrons. The van der Waals surface area contributed by atoms with Gasteiger partial charge in [-0.05, 0) is 50.6 Å². The predicted octanol–water partition coefficient (Wildman–Crippen LogP) is 2.71. The number of hydrogen-bond donors (Lipinski definition) is 1. The van der Waals surface area contributed by atoms with E-state index in [1.807, 2.05) is 20.0 Å². The average Bonchev–Trinajstić information content (AvgIpc) is 2.33. The third kappa shape index (κ3) is 3.61. The summed E-state index contributed by atoms with van der Waals surface area (Å²) < 4.78 is 0. The normalized spacial score (nSPS) is 10.7. The van der Waals surface area contributed by atoms with E-state index in [9.17, 15) is 0 Å². The monoisotopic (exact) mass is 255 g/mol. The molecule has 3 nitrogen and oxygen atoms in total. The standard InChI is InChI=1S/C16H21N3/c1-11-5-6-14(7-12(11)2)9-16-18-13(3)8-15(19-16)10-17-4/h5-8,17H,9-10H2,1-4H3. The molecular weight excluding hydrogens is 234 g/mol. The molecule has 0 radical (unpaired) electrons. The highest BCUT2D eigenvalue weighted by atomic mass is 14.9. The lowest BCUT2D eigenvalue weighted by atomic mass is 10.0. The first-order valence-corrected chi connectivity index (χ1v) is 6.62. The van der Waals surface area contributed by atoms with Gasteiger partial charge in [-0.3, -0.25) is 0 Å². The van der Waals surface area contributed by atoms with Crippen LogP contribution in [0.15, 0.2) is 24.3 Å². The van der Waals surface area contributed by atoms with E-state index in [1.54, 1.807) is 0 Å². The summed E-state index contributed by atoms with van der Waals surface area (Å²) >= 11 is 0. The lowest BCUT2D eigenvalue weighted by molar-refractivity contribution is 0.767. The largest absolute Gasteiger partial charge is 0.314 e. The van der Waals surface area contributed by atoms with Crippen molar-refractivity contribution in [3.8, 4) is 0 Å². The molecule has 1 aromatic carbocycles. The Bertz CT molecular complexity index is 576. The first-order valence-electron chi connectivity index (χ1n) is 6.62. The minimum atomic E-state index is 0.781. The molecule has 0 atom stereocenters. The van der Waals surface area contributed by atoms with Crippen molar-refractivity contribution in [2.24, 2.45) is 0 Å². The molecule has 1 heterocycles. The number of hydrogen-bond acceptors (Lipinski definition) is 3. The van der Waals surface area contributed by atoms with E-state index in [0.717, 1.165) is 30.2 Å². The number of nitrogens with one attached hydrogen (secondary N) is 1. The Morgan fingerprint density at radius 3 is 2.47 bits per heavy atom. The third-order valence-corrected chi connectivity index (χ3v) is 3.25. The minimum Gasteiger partial charge on any atom is -0.314 e. The molecule has 0 unspecified atom stereocenters. The molecule has 0 aliphatic rings. The Labute approximate surface area is 115 Å². The summed E-state index contributed by atoms with van der Waals surface area (Å²) in [6, 6.07) is 8.57. The van der Waals surface area contributed by atoms with Gasteiger partial charge in [0.1, 0.15) is 5.82 Å². The molecule has 0 saturated carbocycles. The van der Waals surface area contributed by atoms with Crippen LogP contribution in [0.2, 0.25) is 0 Å². The number of nitrogens with zero attached hydrogens (tertiary/aromatic N) is 2. The van der Waals surface area contributed by atoms with E-state index in [2.05, 4.69) is 47.3 Å². The fourth-order valence-corrected chi connectivity index (χ4v) is 2.15. The highest BCUT2D eigenvalue weighted by Gasteiger charge is 2.04. The van der Waals surface area contributed by atoms with Gasteiger partial charge >= 0.3 is 0 Å². The van der Waals surface area contributed by atoms with Crippen molar-refractivity contribution in [2.45, 2.75) is 33.7 Å². The van der Waals surface area contributed by atoms with Crippen molar-refractivity contribution in [1.29, 1.82) is 0 Å². The summed E-state index contributed by atoms with van der Waals surface area (Å²) in [5, 5.41) is 3.13. The second-order valence-electron chi connectivity index (χ2n) is 5.04. The summed E-state index contributed by atoms with van der Waals surface area (Å²) in [4.78, 5) is 9.12. The first kappa shape index (κ1) is 13.7. The van der Waals surface area contributed by atoms with Crippen LogP contribution in [0.4, 0.5) is 0 Å². The molecule has 19 heavy (non-hydrogen) atoms. The maximum absolute atomic E-state index is 4.60. The Morgan fingerprint density at radius 2 is 1.79 bits per heavy atom. The summed E-state index contributed by atoms with van der Waals surface area (Å²) in [5.41, 5.74) is 5.99. The maximum atomic E-state index is 4.60. The van der Waals surface area contributed by atoms with Gasteiger partial charge in [-0.25, -0.2) is 9.97 Å². The molecule has 2 aromatic rings. The molecule has 0 aliphatic carbocycles. The van der Waals surface area contributed by atoms with E-state index in [1.165, 1.54) is 16.7 Å².